The van der Waals surface area contributed by atoms with Crippen molar-refractivity contribution in [3.8, 4) is 0 Å². The summed E-state index contributed by atoms with van der Waals surface area (Å²) in [6.07, 6.45) is 0.168. The number of hydrogen-bond donors (Lipinski definition) is 1. The molecule has 1 aromatic rings. The summed E-state index contributed by atoms with van der Waals surface area (Å²) >= 11 is 0. The molecule has 15 heavy (non-hydrogen) atoms. The summed E-state index contributed by atoms with van der Waals surface area (Å²) < 4.78 is 0. The molecular formula is C9H7N3O3. The molecule has 0 saturated heterocycles. The van der Waals surface area contributed by atoms with Gasteiger partial charge in [0.15, 0.2) is 0 Å². The summed E-state index contributed by atoms with van der Waals surface area (Å²) in [4.78, 5) is 20.9. The molecule has 1 heterocycles. The summed E-state index contributed by atoms with van der Waals surface area (Å²) in [5, 5.41) is 14.3. The molecule has 76 valence electrons. The van der Waals surface area contributed by atoms with E-state index in [1.54, 1.807) is 12.1 Å². The summed E-state index contributed by atoms with van der Waals surface area (Å²) in [5.74, 6) is -0.198. The third kappa shape index (κ3) is 1.83. The van der Waals surface area contributed by atoms with Gasteiger partial charge in [-0.15, -0.1) is 0 Å². The van der Waals surface area contributed by atoms with Crippen molar-refractivity contribution in [1.82, 2.24) is 5.43 Å². The number of nitro benzene ring substituents is 1. The van der Waals surface area contributed by atoms with Gasteiger partial charge >= 0.3 is 0 Å². The number of amides is 1. The van der Waals surface area contributed by atoms with E-state index >= 15 is 0 Å². The Morgan fingerprint density at radius 3 is 2.87 bits per heavy atom. The molecule has 2 rings (SSSR count). The van der Waals surface area contributed by atoms with Crippen molar-refractivity contribution in [3.63, 3.8) is 0 Å². The molecule has 0 unspecified atom stereocenters. The molecule has 1 aromatic carbocycles. The first-order valence-electron chi connectivity index (χ1n) is 4.27. The van der Waals surface area contributed by atoms with Crippen molar-refractivity contribution in [3.05, 3.63) is 39.9 Å². The fraction of sp³-hybridized carbons (Fsp3) is 0.111. The van der Waals surface area contributed by atoms with Crippen LogP contribution in [-0.2, 0) is 4.79 Å². The highest BCUT2D eigenvalue weighted by molar-refractivity contribution is 6.13. The lowest BCUT2D eigenvalue weighted by Crippen LogP contribution is -2.09. The number of nitrogens with zero attached hydrogens (tertiary/aromatic N) is 2. The fourth-order valence-corrected chi connectivity index (χ4v) is 1.33. The second-order valence-corrected chi connectivity index (χ2v) is 3.08. The van der Waals surface area contributed by atoms with Gasteiger partial charge in [-0.2, -0.15) is 5.10 Å². The van der Waals surface area contributed by atoms with Crippen LogP contribution in [0, 0.1) is 10.1 Å². The number of hydrazone groups is 1. The standard InChI is InChI=1S/C9H7N3O3/c13-9-5-8(10-11-9)6-2-1-3-7(4-6)12(14)15/h1-4H,5H2,(H,11,13). The third-order valence-electron chi connectivity index (χ3n) is 2.03. The average Bonchev–Trinajstić information content (AvgIpc) is 2.65. The number of nitro groups is 1. The van der Waals surface area contributed by atoms with Crippen LogP contribution in [0.1, 0.15) is 12.0 Å². The maximum Gasteiger partial charge on any atom is 0.270 e. The van der Waals surface area contributed by atoms with Gasteiger partial charge in [-0.1, -0.05) is 12.1 Å². The van der Waals surface area contributed by atoms with Gasteiger partial charge in [0.25, 0.3) is 5.69 Å². The average molecular weight is 205 g/mol. The maximum atomic E-state index is 10.9. The van der Waals surface area contributed by atoms with E-state index in [-0.39, 0.29) is 18.0 Å². The van der Waals surface area contributed by atoms with Crippen molar-refractivity contribution in [2.75, 3.05) is 0 Å². The van der Waals surface area contributed by atoms with E-state index in [0.29, 0.717) is 11.3 Å². The highest BCUT2D eigenvalue weighted by atomic mass is 16.6. The highest BCUT2D eigenvalue weighted by Gasteiger charge is 2.17. The molecule has 0 atom stereocenters. The number of carbonyl (C=O) groups excluding carboxylic acids is 1. The van der Waals surface area contributed by atoms with Crippen LogP contribution in [0.25, 0.3) is 0 Å². The summed E-state index contributed by atoms with van der Waals surface area (Å²) in [7, 11) is 0. The summed E-state index contributed by atoms with van der Waals surface area (Å²) in [5.41, 5.74) is 3.42. The smallest absolute Gasteiger partial charge is 0.270 e. The monoisotopic (exact) mass is 205 g/mol. The van der Waals surface area contributed by atoms with Gasteiger partial charge in [-0.3, -0.25) is 14.9 Å². The van der Waals surface area contributed by atoms with E-state index in [4.69, 9.17) is 0 Å². The molecule has 6 nitrogen and oxygen atoms in total. The Hall–Kier alpha value is -2.24. The number of hydrogen-bond acceptors (Lipinski definition) is 4. The van der Waals surface area contributed by atoms with E-state index in [0.717, 1.165) is 0 Å². The topological polar surface area (TPSA) is 84.6 Å². The lowest BCUT2D eigenvalue weighted by molar-refractivity contribution is -0.384. The van der Waals surface area contributed by atoms with Crippen molar-refractivity contribution >= 4 is 17.3 Å². The van der Waals surface area contributed by atoms with Crippen molar-refractivity contribution in [1.29, 1.82) is 0 Å². The lowest BCUT2D eigenvalue weighted by atomic mass is 10.1. The zero-order valence-corrected chi connectivity index (χ0v) is 7.64. The second kappa shape index (κ2) is 3.49. The van der Waals surface area contributed by atoms with E-state index in [9.17, 15) is 14.9 Å². The lowest BCUT2D eigenvalue weighted by Gasteiger charge is -1.97. The second-order valence-electron chi connectivity index (χ2n) is 3.08. The molecule has 0 saturated carbocycles. The Kier molecular flexibility index (Phi) is 2.17. The van der Waals surface area contributed by atoms with Crippen molar-refractivity contribution in [2.45, 2.75) is 6.42 Å². The van der Waals surface area contributed by atoms with Gasteiger partial charge in [-0.05, 0) is 0 Å². The molecule has 0 spiro atoms. The van der Waals surface area contributed by atoms with Crippen LogP contribution >= 0.6 is 0 Å². The zero-order chi connectivity index (χ0) is 10.8. The van der Waals surface area contributed by atoms with Gasteiger partial charge in [-0.25, -0.2) is 5.43 Å². The number of non-ortho nitro benzene ring substituents is 1. The van der Waals surface area contributed by atoms with Gasteiger partial charge in [0.2, 0.25) is 5.91 Å². The van der Waals surface area contributed by atoms with E-state index in [1.165, 1.54) is 12.1 Å². The molecule has 0 aliphatic carbocycles. The highest BCUT2D eigenvalue weighted by Crippen LogP contribution is 2.16. The van der Waals surface area contributed by atoms with Crippen LogP contribution in [0.4, 0.5) is 5.69 Å². The summed E-state index contributed by atoms with van der Waals surface area (Å²) in [6.45, 7) is 0. The van der Waals surface area contributed by atoms with Crippen LogP contribution in [0.15, 0.2) is 29.4 Å². The Balaban J connectivity index is 2.33. The molecular weight excluding hydrogens is 198 g/mol. The number of carbonyl (C=O) groups is 1. The minimum absolute atomic E-state index is 0.00505. The van der Waals surface area contributed by atoms with Crippen LogP contribution in [-0.4, -0.2) is 16.5 Å². The largest absolute Gasteiger partial charge is 0.273 e. The van der Waals surface area contributed by atoms with Gasteiger partial charge in [0, 0.05) is 17.7 Å². The molecule has 0 radical (unpaired) electrons. The summed E-state index contributed by atoms with van der Waals surface area (Å²) in [6, 6.07) is 6.05. The van der Waals surface area contributed by atoms with Crippen LogP contribution in [0.5, 0.6) is 0 Å². The first kappa shape index (κ1) is 9.32. The maximum absolute atomic E-state index is 10.9. The third-order valence-corrected chi connectivity index (χ3v) is 2.03. The Bertz CT molecular complexity index is 467. The molecule has 6 heteroatoms. The molecule has 0 aromatic heterocycles. The predicted molar refractivity (Wildman–Crippen MR) is 52.4 cm³/mol. The molecule has 1 aliphatic rings. The van der Waals surface area contributed by atoms with Crippen LogP contribution < -0.4 is 5.43 Å². The van der Waals surface area contributed by atoms with E-state index in [2.05, 4.69) is 10.5 Å². The molecule has 1 aliphatic heterocycles. The van der Waals surface area contributed by atoms with Gasteiger partial charge in [0.1, 0.15) is 0 Å². The number of rotatable bonds is 2. The van der Waals surface area contributed by atoms with Crippen LogP contribution in [0.3, 0.4) is 0 Å². The predicted octanol–water partition coefficient (Wildman–Crippen LogP) is 0.819. The normalized spacial score (nSPS) is 14.7. The van der Waals surface area contributed by atoms with Crippen molar-refractivity contribution in [2.24, 2.45) is 5.10 Å². The molecule has 0 bridgehead atoms. The van der Waals surface area contributed by atoms with E-state index in [1.807, 2.05) is 0 Å². The molecule has 1 N–H and O–H groups in total. The SMILES string of the molecule is O=C1CC(c2cccc([N+](=O)[O-])c2)=NN1. The van der Waals surface area contributed by atoms with Crippen molar-refractivity contribution < 1.29 is 9.72 Å². The minimum Gasteiger partial charge on any atom is -0.273 e. The van der Waals surface area contributed by atoms with Crippen LogP contribution in [0.2, 0.25) is 0 Å². The quantitative estimate of drug-likeness (QED) is 0.572. The Morgan fingerprint density at radius 1 is 1.47 bits per heavy atom. The number of benzene rings is 1. The van der Waals surface area contributed by atoms with Gasteiger partial charge < -0.3 is 0 Å². The first-order valence-corrected chi connectivity index (χ1v) is 4.27. The van der Waals surface area contributed by atoms with E-state index < -0.39 is 4.92 Å². The minimum atomic E-state index is -0.478. The fourth-order valence-electron chi connectivity index (χ4n) is 1.33. The van der Waals surface area contributed by atoms with Gasteiger partial charge in [0.05, 0.1) is 17.1 Å². The number of nitrogens with one attached hydrogen (secondary N) is 1. The molecule has 0 fully saturated rings. The Morgan fingerprint density at radius 2 is 2.27 bits per heavy atom. The Labute approximate surface area is 84.8 Å². The molecule has 1 amide bonds. The zero-order valence-electron chi connectivity index (χ0n) is 7.64. The first-order chi connectivity index (χ1) is 7.16.